The van der Waals surface area contributed by atoms with E-state index in [1.165, 1.54) is 4.90 Å². The van der Waals surface area contributed by atoms with Gasteiger partial charge in [-0.3, -0.25) is 0 Å². The van der Waals surface area contributed by atoms with Crippen molar-refractivity contribution >= 4 is 18.5 Å². The maximum Gasteiger partial charge on any atom is 0.414 e. The summed E-state index contributed by atoms with van der Waals surface area (Å²) in [6.45, 7) is 2.10. The van der Waals surface area contributed by atoms with Crippen LogP contribution in [-0.4, -0.2) is 44.1 Å². The van der Waals surface area contributed by atoms with E-state index < -0.39 is 0 Å². The lowest BCUT2D eigenvalue weighted by atomic mass is 10.1. The van der Waals surface area contributed by atoms with Gasteiger partial charge in [-0.2, -0.15) is 0 Å². The summed E-state index contributed by atoms with van der Waals surface area (Å²) in [5, 5.41) is 0. The van der Waals surface area contributed by atoms with Crippen molar-refractivity contribution < 1.29 is 9.53 Å². The molecule has 0 aromatic heterocycles. The van der Waals surface area contributed by atoms with Gasteiger partial charge in [-0.05, 0) is 38.7 Å². The number of benzene rings is 1. The first-order valence-electron chi connectivity index (χ1n) is 5.57. The van der Waals surface area contributed by atoms with Crippen LogP contribution in [0, 0.1) is 0 Å². The summed E-state index contributed by atoms with van der Waals surface area (Å²) in [7, 11) is 7.36. The summed E-state index contributed by atoms with van der Waals surface area (Å²) in [5.41, 5.74) is 1.12. The molecule has 0 fully saturated rings. The lowest BCUT2D eigenvalue weighted by Gasteiger charge is -2.20. The van der Waals surface area contributed by atoms with Gasteiger partial charge in [0.05, 0.1) is 0 Å². The Morgan fingerprint density at radius 2 is 1.83 bits per heavy atom. The summed E-state index contributed by atoms with van der Waals surface area (Å²) in [5.74, 6) is 0.579. The molecule has 1 aromatic carbocycles. The van der Waals surface area contributed by atoms with Crippen molar-refractivity contribution in [1.29, 1.82) is 0 Å². The van der Waals surface area contributed by atoms with Crippen LogP contribution < -0.4 is 4.74 Å². The molecule has 0 aliphatic carbocycles. The van der Waals surface area contributed by atoms with Crippen molar-refractivity contribution in [3.8, 4) is 5.75 Å². The van der Waals surface area contributed by atoms with Gasteiger partial charge in [-0.15, -0.1) is 12.4 Å². The number of nitrogens with zero attached hydrogens (tertiary/aromatic N) is 2. The van der Waals surface area contributed by atoms with E-state index in [2.05, 4.69) is 11.8 Å². The zero-order chi connectivity index (χ0) is 13.0. The first-order valence-corrected chi connectivity index (χ1v) is 5.57. The van der Waals surface area contributed by atoms with Crippen LogP contribution in [0.3, 0.4) is 0 Å². The first kappa shape index (κ1) is 16.7. The molecule has 0 bridgehead atoms. The van der Waals surface area contributed by atoms with Crippen molar-refractivity contribution in [3.63, 3.8) is 0 Å². The fourth-order valence-corrected chi connectivity index (χ4v) is 1.33. The van der Waals surface area contributed by atoms with Gasteiger partial charge in [-0.1, -0.05) is 12.1 Å². The molecule has 102 valence electrons. The van der Waals surface area contributed by atoms with Gasteiger partial charge in [-0.25, -0.2) is 4.79 Å². The van der Waals surface area contributed by atoms with E-state index in [-0.39, 0.29) is 24.5 Å². The molecule has 0 aliphatic rings. The summed E-state index contributed by atoms with van der Waals surface area (Å²) in [6.07, 6.45) is -0.361. The molecule has 0 spiro atoms. The molecule has 4 nitrogen and oxygen atoms in total. The van der Waals surface area contributed by atoms with Crippen LogP contribution in [0.4, 0.5) is 4.79 Å². The van der Waals surface area contributed by atoms with Gasteiger partial charge in [0.15, 0.2) is 0 Å². The SMILES string of the molecule is CC(c1cccc(OC(=O)N(C)C)c1)N(C)C.Cl. The number of rotatable bonds is 3. The van der Waals surface area contributed by atoms with Crippen molar-refractivity contribution in [2.75, 3.05) is 28.2 Å². The van der Waals surface area contributed by atoms with Gasteiger partial charge >= 0.3 is 6.09 Å². The molecule has 0 saturated carbocycles. The highest BCUT2D eigenvalue weighted by molar-refractivity contribution is 5.85. The normalized spacial score (nSPS) is 11.7. The fraction of sp³-hybridized carbons (Fsp3) is 0.462. The molecule has 0 saturated heterocycles. The lowest BCUT2D eigenvalue weighted by Crippen LogP contribution is -2.25. The Morgan fingerprint density at radius 1 is 1.22 bits per heavy atom. The third-order valence-corrected chi connectivity index (χ3v) is 2.69. The molecule has 1 rings (SSSR count). The molecule has 5 heteroatoms. The Bertz CT molecular complexity index is 394. The van der Waals surface area contributed by atoms with Crippen molar-refractivity contribution in [1.82, 2.24) is 9.80 Å². The number of amides is 1. The highest BCUT2D eigenvalue weighted by Gasteiger charge is 2.11. The van der Waals surface area contributed by atoms with Crippen LogP contribution in [0.25, 0.3) is 0 Å². The smallest absolute Gasteiger partial charge is 0.410 e. The van der Waals surface area contributed by atoms with Gasteiger partial charge < -0.3 is 14.5 Å². The summed E-state index contributed by atoms with van der Waals surface area (Å²) >= 11 is 0. The first-order chi connectivity index (χ1) is 7.91. The number of halogens is 1. The average molecular weight is 273 g/mol. The van der Waals surface area contributed by atoms with Gasteiger partial charge in [0.1, 0.15) is 5.75 Å². The van der Waals surface area contributed by atoms with Crippen molar-refractivity contribution in [2.45, 2.75) is 13.0 Å². The molecule has 0 radical (unpaired) electrons. The summed E-state index contributed by atoms with van der Waals surface area (Å²) in [6, 6.07) is 7.89. The molecular formula is C13H21ClN2O2. The minimum absolute atomic E-state index is 0. The summed E-state index contributed by atoms with van der Waals surface area (Å²) < 4.78 is 5.21. The van der Waals surface area contributed by atoms with E-state index >= 15 is 0 Å². The second-order valence-electron chi connectivity index (χ2n) is 4.47. The second-order valence-corrected chi connectivity index (χ2v) is 4.47. The van der Waals surface area contributed by atoms with Gasteiger partial charge in [0.25, 0.3) is 0 Å². The lowest BCUT2D eigenvalue weighted by molar-refractivity contribution is 0.172. The molecule has 1 atom stereocenters. The number of hydrogen-bond acceptors (Lipinski definition) is 3. The fourth-order valence-electron chi connectivity index (χ4n) is 1.33. The zero-order valence-corrected chi connectivity index (χ0v) is 12.3. The van der Waals surface area contributed by atoms with Gasteiger partial charge in [0.2, 0.25) is 0 Å². The van der Waals surface area contributed by atoms with Crippen LogP contribution in [0.2, 0.25) is 0 Å². The predicted molar refractivity (Wildman–Crippen MR) is 75.5 cm³/mol. The van der Waals surface area contributed by atoms with Gasteiger partial charge in [0, 0.05) is 20.1 Å². The van der Waals surface area contributed by atoms with Crippen molar-refractivity contribution in [3.05, 3.63) is 29.8 Å². The third kappa shape index (κ3) is 4.55. The molecule has 0 heterocycles. The Balaban J connectivity index is 0.00000289. The number of carbonyl (C=O) groups excluding carboxylic acids is 1. The molecule has 1 aromatic rings. The average Bonchev–Trinajstić information content (AvgIpc) is 2.28. The molecule has 1 amide bonds. The molecule has 0 N–H and O–H groups in total. The predicted octanol–water partition coefficient (Wildman–Crippen LogP) is 2.79. The molecular weight excluding hydrogens is 252 g/mol. The standard InChI is InChI=1S/C13H20N2O2.ClH/c1-10(14(2)3)11-7-6-8-12(9-11)17-13(16)15(4)5;/h6-10H,1-5H3;1H. The highest BCUT2D eigenvalue weighted by Crippen LogP contribution is 2.22. The van der Waals surface area contributed by atoms with Crippen LogP contribution in [0.5, 0.6) is 5.75 Å². The number of ether oxygens (including phenoxy) is 1. The molecule has 18 heavy (non-hydrogen) atoms. The number of hydrogen-bond donors (Lipinski definition) is 0. The van der Waals surface area contributed by atoms with Crippen LogP contribution in [0.15, 0.2) is 24.3 Å². The van der Waals surface area contributed by atoms with E-state index in [0.717, 1.165) is 5.56 Å². The largest absolute Gasteiger partial charge is 0.414 e. The Kier molecular flexibility index (Phi) is 6.73. The minimum atomic E-state index is -0.361. The van der Waals surface area contributed by atoms with Crippen LogP contribution in [-0.2, 0) is 0 Å². The number of carbonyl (C=O) groups is 1. The van der Waals surface area contributed by atoms with E-state index in [1.807, 2.05) is 32.3 Å². The third-order valence-electron chi connectivity index (χ3n) is 2.69. The highest BCUT2D eigenvalue weighted by atomic mass is 35.5. The Hall–Kier alpha value is -1.26. The Morgan fingerprint density at radius 3 is 2.33 bits per heavy atom. The maximum absolute atomic E-state index is 11.4. The van der Waals surface area contributed by atoms with E-state index in [0.29, 0.717) is 5.75 Å². The topological polar surface area (TPSA) is 32.8 Å². The van der Waals surface area contributed by atoms with Crippen molar-refractivity contribution in [2.24, 2.45) is 0 Å². The van der Waals surface area contributed by atoms with Crippen LogP contribution >= 0.6 is 12.4 Å². The Labute approximate surface area is 115 Å². The molecule has 1 unspecified atom stereocenters. The monoisotopic (exact) mass is 272 g/mol. The van der Waals surface area contributed by atoms with E-state index in [1.54, 1.807) is 20.2 Å². The quantitative estimate of drug-likeness (QED) is 0.848. The van der Waals surface area contributed by atoms with E-state index in [4.69, 9.17) is 4.74 Å². The maximum atomic E-state index is 11.4. The summed E-state index contributed by atoms with van der Waals surface area (Å²) in [4.78, 5) is 14.9. The van der Waals surface area contributed by atoms with Crippen LogP contribution in [0.1, 0.15) is 18.5 Å². The zero-order valence-electron chi connectivity index (χ0n) is 11.5. The van der Waals surface area contributed by atoms with E-state index in [9.17, 15) is 4.79 Å². The molecule has 0 aliphatic heterocycles. The second kappa shape index (κ2) is 7.24. The minimum Gasteiger partial charge on any atom is -0.410 e.